The lowest BCUT2D eigenvalue weighted by atomic mass is 10.1. The predicted octanol–water partition coefficient (Wildman–Crippen LogP) is 8.41. The molecule has 0 amide bonds. The van der Waals surface area contributed by atoms with E-state index >= 15 is 0 Å². The lowest BCUT2D eigenvalue weighted by Gasteiger charge is -2.20. The molecule has 0 saturated carbocycles. The molecule has 0 aromatic heterocycles. The van der Waals surface area contributed by atoms with E-state index in [0.29, 0.717) is 5.69 Å². The van der Waals surface area contributed by atoms with Gasteiger partial charge in [-0.2, -0.15) is 31.0 Å². The van der Waals surface area contributed by atoms with Crippen LogP contribution in [-0.2, 0) is 0 Å². The van der Waals surface area contributed by atoms with Crippen LogP contribution in [0.25, 0.3) is 6.08 Å². The Bertz CT molecular complexity index is 1290. The summed E-state index contributed by atoms with van der Waals surface area (Å²) in [6, 6.07) is 22.8. The molecule has 3 aromatic carbocycles. The zero-order chi connectivity index (χ0) is 25.2. The standard InChI is InChI=1S/C28H27N7/c1-5-35(6-2)27-13-11-25(12-14-27)31-33-26-15-20(3)28(21(4)16-26)34-32-24-9-7-22(8-10-24)17-23(18-29)19-30/h7-17H,5-6H2,1-4H3. The topological polar surface area (TPSA) is 100 Å². The van der Waals surface area contributed by atoms with Gasteiger partial charge in [0, 0.05) is 18.8 Å². The zero-order valence-electron chi connectivity index (χ0n) is 20.4. The second kappa shape index (κ2) is 12.0. The van der Waals surface area contributed by atoms with Crippen LogP contribution in [-0.4, -0.2) is 13.1 Å². The molecule has 0 bridgehead atoms. The number of nitriles is 2. The molecule has 0 N–H and O–H groups in total. The van der Waals surface area contributed by atoms with Crippen LogP contribution in [0.1, 0.15) is 30.5 Å². The quantitative estimate of drug-likeness (QED) is 0.248. The molecule has 0 heterocycles. The maximum Gasteiger partial charge on any atom is 0.130 e. The van der Waals surface area contributed by atoms with Crippen molar-refractivity contribution >= 4 is 34.5 Å². The van der Waals surface area contributed by atoms with Gasteiger partial charge in [-0.15, -0.1) is 0 Å². The normalized spacial score (nSPS) is 10.8. The Kier molecular flexibility index (Phi) is 8.59. The van der Waals surface area contributed by atoms with Crippen molar-refractivity contribution in [3.05, 3.63) is 82.9 Å². The number of anilines is 1. The van der Waals surface area contributed by atoms with Gasteiger partial charge in [0.05, 0.1) is 22.7 Å². The van der Waals surface area contributed by atoms with E-state index in [-0.39, 0.29) is 5.57 Å². The van der Waals surface area contributed by atoms with E-state index in [9.17, 15) is 0 Å². The molecule has 0 spiro atoms. The minimum absolute atomic E-state index is 0.0551. The molecule has 7 nitrogen and oxygen atoms in total. The first-order valence-corrected chi connectivity index (χ1v) is 11.4. The maximum absolute atomic E-state index is 8.87. The highest BCUT2D eigenvalue weighted by Crippen LogP contribution is 2.31. The minimum Gasteiger partial charge on any atom is -0.372 e. The number of aryl methyl sites for hydroxylation is 2. The third-order valence-corrected chi connectivity index (χ3v) is 5.45. The number of allylic oxidation sites excluding steroid dienone is 1. The predicted molar refractivity (Wildman–Crippen MR) is 140 cm³/mol. The molecule has 0 unspecified atom stereocenters. The molecule has 0 saturated heterocycles. The van der Waals surface area contributed by atoms with Crippen LogP contribution in [0.5, 0.6) is 0 Å². The van der Waals surface area contributed by atoms with Crippen LogP contribution in [0.2, 0.25) is 0 Å². The summed E-state index contributed by atoms with van der Waals surface area (Å²) in [5, 5.41) is 35.3. The van der Waals surface area contributed by atoms with Gasteiger partial charge >= 0.3 is 0 Å². The highest BCUT2D eigenvalue weighted by atomic mass is 15.1. The van der Waals surface area contributed by atoms with Crippen LogP contribution in [0.15, 0.2) is 86.7 Å². The van der Waals surface area contributed by atoms with Crippen LogP contribution in [0, 0.1) is 36.5 Å². The van der Waals surface area contributed by atoms with Gasteiger partial charge in [0.15, 0.2) is 0 Å². The highest BCUT2D eigenvalue weighted by molar-refractivity contribution is 5.63. The van der Waals surface area contributed by atoms with E-state index < -0.39 is 0 Å². The second-order valence-electron chi connectivity index (χ2n) is 7.89. The summed E-state index contributed by atoms with van der Waals surface area (Å²) < 4.78 is 0. The Hall–Kier alpha value is -4.62. The molecule has 0 radical (unpaired) electrons. The van der Waals surface area contributed by atoms with Crippen molar-refractivity contribution in [1.82, 2.24) is 0 Å². The number of hydrogen-bond donors (Lipinski definition) is 0. The molecule has 3 rings (SSSR count). The molecule has 7 heteroatoms. The van der Waals surface area contributed by atoms with Crippen molar-refractivity contribution in [2.75, 3.05) is 18.0 Å². The summed E-state index contributed by atoms with van der Waals surface area (Å²) in [5.74, 6) is 0. The summed E-state index contributed by atoms with van der Waals surface area (Å²) in [6.07, 6.45) is 1.53. The molecular formula is C28H27N7. The first-order chi connectivity index (χ1) is 17.0. The summed E-state index contributed by atoms with van der Waals surface area (Å²) in [6.45, 7) is 10.2. The third-order valence-electron chi connectivity index (χ3n) is 5.45. The molecule has 35 heavy (non-hydrogen) atoms. The van der Waals surface area contributed by atoms with E-state index in [4.69, 9.17) is 10.5 Å². The molecule has 0 atom stereocenters. The van der Waals surface area contributed by atoms with Gasteiger partial charge in [0.25, 0.3) is 0 Å². The minimum atomic E-state index is 0.0551. The van der Waals surface area contributed by atoms with Gasteiger partial charge in [0.2, 0.25) is 0 Å². The largest absolute Gasteiger partial charge is 0.372 e. The van der Waals surface area contributed by atoms with Gasteiger partial charge in [-0.25, -0.2) is 0 Å². The average molecular weight is 462 g/mol. The number of azo groups is 2. The second-order valence-corrected chi connectivity index (χ2v) is 7.89. The van der Waals surface area contributed by atoms with Crippen molar-refractivity contribution in [3.63, 3.8) is 0 Å². The first-order valence-electron chi connectivity index (χ1n) is 11.4. The summed E-state index contributed by atoms with van der Waals surface area (Å²) >= 11 is 0. The van der Waals surface area contributed by atoms with E-state index in [0.717, 1.165) is 46.8 Å². The van der Waals surface area contributed by atoms with Crippen LogP contribution in [0.4, 0.5) is 28.4 Å². The summed E-state index contributed by atoms with van der Waals surface area (Å²) in [7, 11) is 0. The first kappa shape index (κ1) is 25.0. The monoisotopic (exact) mass is 461 g/mol. The average Bonchev–Trinajstić information content (AvgIpc) is 2.88. The van der Waals surface area contributed by atoms with Crippen molar-refractivity contribution < 1.29 is 0 Å². The fourth-order valence-corrected chi connectivity index (χ4v) is 3.58. The van der Waals surface area contributed by atoms with Gasteiger partial charge in [0.1, 0.15) is 17.7 Å². The van der Waals surface area contributed by atoms with Crippen molar-refractivity contribution in [2.45, 2.75) is 27.7 Å². The fraction of sp³-hybridized carbons (Fsp3) is 0.214. The molecule has 0 aliphatic rings. The molecule has 0 aliphatic carbocycles. The Morgan fingerprint density at radius 2 is 1.23 bits per heavy atom. The number of hydrogen-bond acceptors (Lipinski definition) is 7. The van der Waals surface area contributed by atoms with Crippen molar-refractivity contribution in [3.8, 4) is 12.1 Å². The zero-order valence-corrected chi connectivity index (χ0v) is 20.4. The van der Waals surface area contributed by atoms with E-state index in [1.165, 1.54) is 11.8 Å². The van der Waals surface area contributed by atoms with Crippen LogP contribution < -0.4 is 4.90 Å². The van der Waals surface area contributed by atoms with Crippen molar-refractivity contribution in [1.29, 1.82) is 10.5 Å². The smallest absolute Gasteiger partial charge is 0.130 e. The lowest BCUT2D eigenvalue weighted by Crippen LogP contribution is -2.21. The van der Waals surface area contributed by atoms with Crippen LogP contribution in [0.3, 0.4) is 0 Å². The van der Waals surface area contributed by atoms with Crippen LogP contribution >= 0.6 is 0 Å². The Morgan fingerprint density at radius 1 is 0.743 bits per heavy atom. The van der Waals surface area contributed by atoms with Crippen molar-refractivity contribution in [2.24, 2.45) is 20.5 Å². The summed E-state index contributed by atoms with van der Waals surface area (Å²) in [5.41, 5.74) is 6.91. The maximum atomic E-state index is 8.87. The molecular weight excluding hydrogens is 434 g/mol. The fourth-order valence-electron chi connectivity index (χ4n) is 3.58. The number of nitrogens with zero attached hydrogens (tertiary/aromatic N) is 7. The highest BCUT2D eigenvalue weighted by Gasteiger charge is 2.06. The van der Waals surface area contributed by atoms with Gasteiger partial charge in [-0.1, -0.05) is 12.1 Å². The Morgan fingerprint density at radius 3 is 1.74 bits per heavy atom. The lowest BCUT2D eigenvalue weighted by molar-refractivity contribution is 0.866. The Balaban J connectivity index is 1.73. The number of rotatable bonds is 8. The number of benzene rings is 3. The molecule has 3 aromatic rings. The molecule has 0 aliphatic heterocycles. The summed E-state index contributed by atoms with van der Waals surface area (Å²) in [4.78, 5) is 2.28. The van der Waals surface area contributed by atoms with Gasteiger partial charge in [-0.05, 0) is 99.0 Å². The SMILES string of the molecule is CCN(CC)c1ccc(N=Nc2cc(C)c(N=Nc3ccc(C=C(C#N)C#N)cc3)c(C)c2)cc1. The van der Waals surface area contributed by atoms with Gasteiger partial charge in [-0.3, -0.25) is 0 Å². The van der Waals surface area contributed by atoms with E-state index in [1.807, 2.05) is 50.3 Å². The van der Waals surface area contributed by atoms with Gasteiger partial charge < -0.3 is 4.90 Å². The van der Waals surface area contributed by atoms with E-state index in [2.05, 4.69) is 51.3 Å². The Labute approximate surface area is 206 Å². The molecule has 174 valence electrons. The molecule has 0 fully saturated rings. The third kappa shape index (κ3) is 6.69. The van der Waals surface area contributed by atoms with E-state index in [1.54, 1.807) is 24.3 Å².